The van der Waals surface area contributed by atoms with E-state index in [1.807, 2.05) is 12.1 Å². The Morgan fingerprint density at radius 2 is 1.71 bits per heavy atom. The van der Waals surface area contributed by atoms with Crippen molar-refractivity contribution < 1.29 is 4.39 Å². The van der Waals surface area contributed by atoms with E-state index >= 15 is 0 Å². The van der Waals surface area contributed by atoms with E-state index in [1.54, 1.807) is 12.1 Å². The number of hydrogen-bond acceptors (Lipinski definition) is 2. The van der Waals surface area contributed by atoms with Gasteiger partial charge in [-0.25, -0.2) is 4.39 Å². The lowest BCUT2D eigenvalue weighted by molar-refractivity contribution is 0.271. The first kappa shape index (κ1) is 15.8. The number of rotatable bonds is 6. The second kappa shape index (κ2) is 7.43. The van der Waals surface area contributed by atoms with Crippen LogP contribution in [-0.2, 0) is 0 Å². The van der Waals surface area contributed by atoms with Crippen molar-refractivity contribution in [2.75, 3.05) is 25.5 Å². The van der Waals surface area contributed by atoms with E-state index in [9.17, 15) is 4.39 Å². The molecular weight excluding hydrogens is 287 g/mol. The minimum atomic E-state index is -0.214. The van der Waals surface area contributed by atoms with Gasteiger partial charge in [-0.1, -0.05) is 23.7 Å². The first-order chi connectivity index (χ1) is 10.1. The van der Waals surface area contributed by atoms with Crippen molar-refractivity contribution in [3.05, 3.63) is 64.9 Å². The fourth-order valence-corrected chi connectivity index (χ4v) is 2.26. The Kier molecular flexibility index (Phi) is 5.59. The second-order valence-electron chi connectivity index (χ2n) is 5.14. The molecule has 0 spiro atoms. The molecule has 2 aromatic rings. The van der Waals surface area contributed by atoms with Crippen molar-refractivity contribution in [1.29, 1.82) is 0 Å². The predicted octanol–water partition coefficient (Wildman–Crippen LogP) is 4.58. The van der Waals surface area contributed by atoms with Crippen LogP contribution in [0.1, 0.15) is 18.5 Å². The Morgan fingerprint density at radius 1 is 1.10 bits per heavy atom. The lowest BCUT2D eigenvalue weighted by atomic mass is 10.1. The fraction of sp³-hybridized carbons (Fsp3) is 0.294. The number of anilines is 1. The molecule has 1 unspecified atom stereocenters. The molecule has 0 fully saturated rings. The van der Waals surface area contributed by atoms with E-state index in [-0.39, 0.29) is 5.82 Å². The summed E-state index contributed by atoms with van der Waals surface area (Å²) in [5.74, 6) is -0.214. The number of benzene rings is 2. The maximum Gasteiger partial charge on any atom is 0.123 e. The maximum atomic E-state index is 12.8. The van der Waals surface area contributed by atoms with Crippen LogP contribution < -0.4 is 5.32 Å². The summed E-state index contributed by atoms with van der Waals surface area (Å²) in [6, 6.07) is 14.7. The highest BCUT2D eigenvalue weighted by atomic mass is 35.5. The molecule has 4 heteroatoms. The van der Waals surface area contributed by atoms with Crippen molar-refractivity contribution in [1.82, 2.24) is 4.90 Å². The Hall–Kier alpha value is -1.58. The van der Waals surface area contributed by atoms with Gasteiger partial charge in [0, 0.05) is 29.8 Å². The molecule has 0 amide bonds. The Bertz CT molecular complexity index is 554. The highest BCUT2D eigenvalue weighted by Gasteiger charge is 2.10. The van der Waals surface area contributed by atoms with Gasteiger partial charge in [0.25, 0.3) is 0 Å². The van der Waals surface area contributed by atoms with E-state index in [0.717, 1.165) is 23.8 Å². The van der Waals surface area contributed by atoms with Crippen LogP contribution in [0.3, 0.4) is 0 Å². The molecular formula is C17H20ClFN2. The molecule has 0 saturated heterocycles. The van der Waals surface area contributed by atoms with Crippen LogP contribution in [0.4, 0.5) is 10.1 Å². The number of likely N-dealkylation sites (N-methyl/N-ethyl adjacent to an activating group) is 1. The molecule has 0 saturated carbocycles. The zero-order chi connectivity index (χ0) is 15.2. The summed E-state index contributed by atoms with van der Waals surface area (Å²) in [7, 11) is 2.09. The van der Waals surface area contributed by atoms with Crippen LogP contribution in [0, 0.1) is 5.82 Å². The maximum absolute atomic E-state index is 12.8. The first-order valence-electron chi connectivity index (χ1n) is 7.01. The highest BCUT2D eigenvalue weighted by molar-refractivity contribution is 6.30. The van der Waals surface area contributed by atoms with Gasteiger partial charge < -0.3 is 5.32 Å². The molecule has 21 heavy (non-hydrogen) atoms. The smallest absolute Gasteiger partial charge is 0.123 e. The van der Waals surface area contributed by atoms with Gasteiger partial charge in [0.15, 0.2) is 0 Å². The second-order valence-corrected chi connectivity index (χ2v) is 5.58. The van der Waals surface area contributed by atoms with E-state index in [4.69, 9.17) is 11.6 Å². The largest absolute Gasteiger partial charge is 0.384 e. The van der Waals surface area contributed by atoms with Gasteiger partial charge in [-0.05, 0) is 55.9 Å². The third-order valence-electron chi connectivity index (χ3n) is 3.65. The van der Waals surface area contributed by atoms with Crippen LogP contribution >= 0.6 is 11.6 Å². The van der Waals surface area contributed by atoms with E-state index < -0.39 is 0 Å². The standard InChI is InChI=1S/C17H20ClFN2/c1-13(14-3-5-15(18)6-4-14)21(2)12-11-20-17-9-7-16(19)8-10-17/h3-10,13,20H,11-12H2,1-2H3. The molecule has 2 rings (SSSR count). The van der Waals surface area contributed by atoms with Crippen molar-refractivity contribution in [2.24, 2.45) is 0 Å². The number of hydrogen-bond donors (Lipinski definition) is 1. The molecule has 0 heterocycles. The molecule has 2 nitrogen and oxygen atoms in total. The van der Waals surface area contributed by atoms with E-state index in [2.05, 4.69) is 36.3 Å². The summed E-state index contributed by atoms with van der Waals surface area (Å²) in [5, 5.41) is 4.04. The molecule has 0 aromatic heterocycles. The van der Waals surface area contributed by atoms with Crippen molar-refractivity contribution >= 4 is 17.3 Å². The van der Waals surface area contributed by atoms with Gasteiger partial charge in [-0.15, -0.1) is 0 Å². The van der Waals surface area contributed by atoms with Gasteiger partial charge in [-0.3, -0.25) is 4.90 Å². The molecule has 112 valence electrons. The van der Waals surface area contributed by atoms with Crippen molar-refractivity contribution in [3.63, 3.8) is 0 Å². The lowest BCUT2D eigenvalue weighted by Crippen LogP contribution is -2.28. The SMILES string of the molecule is CC(c1ccc(Cl)cc1)N(C)CCNc1ccc(F)cc1. The summed E-state index contributed by atoms with van der Waals surface area (Å²) < 4.78 is 12.8. The lowest BCUT2D eigenvalue weighted by Gasteiger charge is -2.25. The minimum absolute atomic E-state index is 0.214. The van der Waals surface area contributed by atoms with Crippen molar-refractivity contribution in [3.8, 4) is 0 Å². The predicted molar refractivity (Wildman–Crippen MR) is 87.4 cm³/mol. The number of nitrogens with zero attached hydrogens (tertiary/aromatic N) is 1. The van der Waals surface area contributed by atoms with Gasteiger partial charge >= 0.3 is 0 Å². The summed E-state index contributed by atoms with van der Waals surface area (Å²) in [6.45, 7) is 3.86. The minimum Gasteiger partial charge on any atom is -0.384 e. The van der Waals surface area contributed by atoms with Crippen molar-refractivity contribution in [2.45, 2.75) is 13.0 Å². The van der Waals surface area contributed by atoms with Crippen LogP contribution in [0.2, 0.25) is 5.02 Å². The molecule has 0 radical (unpaired) electrons. The first-order valence-corrected chi connectivity index (χ1v) is 7.39. The van der Waals surface area contributed by atoms with E-state index in [1.165, 1.54) is 17.7 Å². The monoisotopic (exact) mass is 306 g/mol. The third-order valence-corrected chi connectivity index (χ3v) is 3.90. The zero-order valence-corrected chi connectivity index (χ0v) is 13.1. The molecule has 1 atom stereocenters. The Labute approximate surface area is 130 Å². The van der Waals surface area contributed by atoms with Gasteiger partial charge in [-0.2, -0.15) is 0 Å². The van der Waals surface area contributed by atoms with Gasteiger partial charge in [0.1, 0.15) is 5.82 Å². The molecule has 0 aliphatic heterocycles. The topological polar surface area (TPSA) is 15.3 Å². The summed E-state index contributed by atoms with van der Waals surface area (Å²) >= 11 is 5.91. The number of halogens is 2. The summed E-state index contributed by atoms with van der Waals surface area (Å²) in [4.78, 5) is 2.26. The quantitative estimate of drug-likeness (QED) is 0.840. The van der Waals surface area contributed by atoms with E-state index in [0.29, 0.717) is 6.04 Å². The number of nitrogens with one attached hydrogen (secondary N) is 1. The summed E-state index contributed by atoms with van der Waals surface area (Å²) in [6.07, 6.45) is 0. The third kappa shape index (κ3) is 4.73. The average molecular weight is 307 g/mol. The molecule has 1 N–H and O–H groups in total. The molecule has 0 bridgehead atoms. The highest BCUT2D eigenvalue weighted by Crippen LogP contribution is 2.20. The Balaban J connectivity index is 1.82. The van der Waals surface area contributed by atoms with Crippen LogP contribution in [0.5, 0.6) is 0 Å². The van der Waals surface area contributed by atoms with Crippen LogP contribution in [-0.4, -0.2) is 25.0 Å². The fourth-order valence-electron chi connectivity index (χ4n) is 2.13. The zero-order valence-electron chi connectivity index (χ0n) is 12.3. The van der Waals surface area contributed by atoms with Gasteiger partial charge in [0.2, 0.25) is 0 Å². The molecule has 0 aliphatic rings. The van der Waals surface area contributed by atoms with Crippen LogP contribution in [0.25, 0.3) is 0 Å². The summed E-state index contributed by atoms with van der Waals surface area (Å²) in [5.41, 5.74) is 2.17. The van der Waals surface area contributed by atoms with Crippen LogP contribution in [0.15, 0.2) is 48.5 Å². The van der Waals surface area contributed by atoms with Gasteiger partial charge in [0.05, 0.1) is 0 Å². The Morgan fingerprint density at radius 3 is 2.33 bits per heavy atom. The molecule has 2 aromatic carbocycles. The normalized spacial score (nSPS) is 12.4. The average Bonchev–Trinajstić information content (AvgIpc) is 2.49. The molecule has 0 aliphatic carbocycles.